The van der Waals surface area contributed by atoms with Crippen molar-refractivity contribution in [1.82, 2.24) is 15.1 Å². The number of amides is 4. The van der Waals surface area contributed by atoms with Crippen molar-refractivity contribution < 1.29 is 14.4 Å². The SMILES string of the molecule is CC1(C)C(=O)NCCN1C(=O)CN1C(=O)N2CCN=C2c2ccccc21. The Hall–Kier alpha value is -2.90. The van der Waals surface area contributed by atoms with Crippen LogP contribution < -0.4 is 10.2 Å². The number of nitrogens with one attached hydrogen (secondary N) is 1. The smallest absolute Gasteiger partial charge is 0.330 e. The van der Waals surface area contributed by atoms with Crippen molar-refractivity contribution in [3.63, 3.8) is 0 Å². The summed E-state index contributed by atoms with van der Waals surface area (Å²) in [6.45, 7) is 5.27. The van der Waals surface area contributed by atoms with Gasteiger partial charge >= 0.3 is 6.03 Å². The van der Waals surface area contributed by atoms with Gasteiger partial charge in [0.1, 0.15) is 17.9 Å². The van der Waals surface area contributed by atoms with Gasteiger partial charge in [-0.25, -0.2) is 4.79 Å². The van der Waals surface area contributed by atoms with Crippen LogP contribution in [0.2, 0.25) is 0 Å². The minimum absolute atomic E-state index is 0.101. The van der Waals surface area contributed by atoms with Gasteiger partial charge < -0.3 is 10.2 Å². The molecule has 8 nitrogen and oxygen atoms in total. The average Bonchev–Trinajstić information content (AvgIpc) is 3.11. The van der Waals surface area contributed by atoms with Gasteiger partial charge in [0.15, 0.2) is 0 Å². The number of rotatable bonds is 2. The van der Waals surface area contributed by atoms with Crippen LogP contribution in [0.5, 0.6) is 0 Å². The van der Waals surface area contributed by atoms with E-state index in [1.807, 2.05) is 24.3 Å². The Morgan fingerprint density at radius 3 is 2.81 bits per heavy atom. The molecule has 1 aromatic carbocycles. The number of hydrogen-bond donors (Lipinski definition) is 1. The minimum Gasteiger partial charge on any atom is -0.352 e. The highest BCUT2D eigenvalue weighted by Crippen LogP contribution is 2.31. The highest BCUT2D eigenvalue weighted by molar-refractivity contribution is 6.20. The van der Waals surface area contributed by atoms with E-state index >= 15 is 0 Å². The number of urea groups is 1. The number of hydrogen-bond acceptors (Lipinski definition) is 4. The summed E-state index contributed by atoms with van der Waals surface area (Å²) in [4.78, 5) is 47.1. The van der Waals surface area contributed by atoms with E-state index < -0.39 is 5.54 Å². The largest absolute Gasteiger partial charge is 0.352 e. The zero-order valence-electron chi connectivity index (χ0n) is 14.9. The van der Waals surface area contributed by atoms with Gasteiger partial charge in [0.2, 0.25) is 11.8 Å². The Kier molecular flexibility index (Phi) is 3.71. The number of benzene rings is 1. The number of anilines is 1. The number of aliphatic imine (C=N–C) groups is 1. The van der Waals surface area contributed by atoms with Gasteiger partial charge in [0.25, 0.3) is 0 Å². The summed E-state index contributed by atoms with van der Waals surface area (Å²) < 4.78 is 0. The Morgan fingerprint density at radius 1 is 1.23 bits per heavy atom. The van der Waals surface area contributed by atoms with Gasteiger partial charge in [-0.2, -0.15) is 0 Å². The zero-order valence-corrected chi connectivity index (χ0v) is 14.9. The second-order valence-electron chi connectivity index (χ2n) is 7.10. The first-order chi connectivity index (χ1) is 12.4. The molecule has 4 amide bonds. The van der Waals surface area contributed by atoms with E-state index in [2.05, 4.69) is 10.3 Å². The molecule has 3 heterocycles. The first kappa shape index (κ1) is 16.6. The third-order valence-electron chi connectivity index (χ3n) is 5.18. The Labute approximate surface area is 151 Å². The Morgan fingerprint density at radius 2 is 2.00 bits per heavy atom. The molecule has 1 fully saturated rings. The monoisotopic (exact) mass is 355 g/mol. The van der Waals surface area contributed by atoms with E-state index in [4.69, 9.17) is 0 Å². The number of para-hydroxylation sites is 1. The molecule has 4 rings (SSSR count). The number of piperazine rings is 1. The van der Waals surface area contributed by atoms with Crippen LogP contribution in [0, 0.1) is 0 Å². The number of amidine groups is 1. The van der Waals surface area contributed by atoms with E-state index in [-0.39, 0.29) is 24.4 Å². The Balaban J connectivity index is 1.65. The maximum atomic E-state index is 13.0. The van der Waals surface area contributed by atoms with E-state index in [1.54, 1.807) is 23.6 Å². The van der Waals surface area contributed by atoms with E-state index in [0.29, 0.717) is 37.7 Å². The third-order valence-corrected chi connectivity index (χ3v) is 5.18. The highest BCUT2D eigenvalue weighted by atomic mass is 16.2. The molecule has 1 aromatic rings. The van der Waals surface area contributed by atoms with Crippen molar-refractivity contribution in [1.29, 1.82) is 0 Å². The minimum atomic E-state index is -0.937. The predicted octanol–water partition coefficient (Wildman–Crippen LogP) is 0.426. The van der Waals surface area contributed by atoms with Crippen molar-refractivity contribution in [3.05, 3.63) is 29.8 Å². The number of carbonyl (C=O) groups excluding carboxylic acids is 3. The topological polar surface area (TPSA) is 85.3 Å². The van der Waals surface area contributed by atoms with Gasteiger partial charge in [-0.05, 0) is 26.0 Å². The van der Waals surface area contributed by atoms with Crippen molar-refractivity contribution in [3.8, 4) is 0 Å². The molecule has 0 spiro atoms. The van der Waals surface area contributed by atoms with Gasteiger partial charge in [-0.3, -0.25) is 24.4 Å². The summed E-state index contributed by atoms with van der Waals surface area (Å²) in [7, 11) is 0. The molecular formula is C18H21N5O3. The van der Waals surface area contributed by atoms with Crippen LogP contribution in [0.25, 0.3) is 0 Å². The second kappa shape index (κ2) is 5.82. The lowest BCUT2D eigenvalue weighted by atomic mass is 9.98. The summed E-state index contributed by atoms with van der Waals surface area (Å²) in [5.41, 5.74) is 0.601. The number of nitrogens with zero attached hydrogens (tertiary/aromatic N) is 4. The lowest BCUT2D eigenvalue weighted by Gasteiger charge is -2.42. The van der Waals surface area contributed by atoms with Gasteiger partial charge in [-0.15, -0.1) is 0 Å². The summed E-state index contributed by atoms with van der Waals surface area (Å²) in [6.07, 6.45) is 0. The van der Waals surface area contributed by atoms with E-state index in [0.717, 1.165) is 5.56 Å². The van der Waals surface area contributed by atoms with Crippen LogP contribution in [0.1, 0.15) is 19.4 Å². The first-order valence-electron chi connectivity index (χ1n) is 8.73. The van der Waals surface area contributed by atoms with Gasteiger partial charge in [0.05, 0.1) is 12.2 Å². The molecule has 8 heteroatoms. The number of carbonyl (C=O) groups is 3. The molecule has 136 valence electrons. The molecule has 0 saturated carbocycles. The van der Waals surface area contributed by atoms with Gasteiger partial charge in [-0.1, -0.05) is 12.1 Å². The standard InChI is InChI=1S/C18H21N5O3/c1-18(2)16(25)20-8-10-23(18)14(24)11-22-13-6-4-3-5-12(13)15-19-7-9-21(15)17(22)26/h3-6H,7-11H2,1-2H3,(H,20,25). The summed E-state index contributed by atoms with van der Waals surface area (Å²) in [6, 6.07) is 7.23. The van der Waals surface area contributed by atoms with Crippen LogP contribution in [-0.4, -0.2) is 71.7 Å². The quantitative estimate of drug-likeness (QED) is 0.835. The third kappa shape index (κ3) is 2.36. The molecule has 0 aromatic heterocycles. The molecule has 0 aliphatic carbocycles. The van der Waals surface area contributed by atoms with Crippen LogP contribution in [0.4, 0.5) is 10.5 Å². The summed E-state index contributed by atoms with van der Waals surface area (Å²) >= 11 is 0. The van der Waals surface area contributed by atoms with Crippen LogP contribution in [0.3, 0.4) is 0 Å². The molecule has 1 N–H and O–H groups in total. The lowest BCUT2D eigenvalue weighted by molar-refractivity contribution is -0.148. The summed E-state index contributed by atoms with van der Waals surface area (Å²) in [5, 5.41) is 2.78. The van der Waals surface area contributed by atoms with Crippen molar-refractivity contribution in [2.24, 2.45) is 4.99 Å². The molecule has 0 atom stereocenters. The number of fused-ring (bicyclic) bond motifs is 3. The van der Waals surface area contributed by atoms with Crippen molar-refractivity contribution in [2.45, 2.75) is 19.4 Å². The molecule has 26 heavy (non-hydrogen) atoms. The molecule has 0 bridgehead atoms. The average molecular weight is 355 g/mol. The van der Waals surface area contributed by atoms with E-state index in [9.17, 15) is 14.4 Å². The molecule has 3 aliphatic heterocycles. The molecule has 1 saturated heterocycles. The molecule has 0 radical (unpaired) electrons. The maximum absolute atomic E-state index is 13.0. The van der Waals surface area contributed by atoms with Crippen molar-refractivity contribution in [2.75, 3.05) is 37.6 Å². The lowest BCUT2D eigenvalue weighted by Crippen LogP contribution is -2.65. The molecule has 0 unspecified atom stereocenters. The van der Waals surface area contributed by atoms with Crippen molar-refractivity contribution >= 4 is 29.4 Å². The maximum Gasteiger partial charge on any atom is 0.330 e. The summed E-state index contributed by atoms with van der Waals surface area (Å²) in [5.74, 6) is 0.246. The van der Waals surface area contributed by atoms with Crippen LogP contribution in [-0.2, 0) is 9.59 Å². The predicted molar refractivity (Wildman–Crippen MR) is 96.1 cm³/mol. The fourth-order valence-electron chi connectivity index (χ4n) is 3.72. The van der Waals surface area contributed by atoms with Crippen LogP contribution in [0.15, 0.2) is 29.3 Å². The van der Waals surface area contributed by atoms with Crippen LogP contribution >= 0.6 is 0 Å². The molecular weight excluding hydrogens is 334 g/mol. The fourth-order valence-corrected chi connectivity index (χ4v) is 3.72. The molecule has 3 aliphatic rings. The first-order valence-corrected chi connectivity index (χ1v) is 8.73. The normalized spacial score (nSPS) is 21.2. The Bertz CT molecular complexity index is 832. The highest BCUT2D eigenvalue weighted by Gasteiger charge is 2.43. The van der Waals surface area contributed by atoms with E-state index in [1.165, 1.54) is 4.90 Å². The fraction of sp³-hybridized carbons (Fsp3) is 0.444. The zero-order chi connectivity index (χ0) is 18.5. The van der Waals surface area contributed by atoms with Gasteiger partial charge in [0, 0.05) is 25.2 Å². The second-order valence-corrected chi connectivity index (χ2v) is 7.10.